The zero-order chi connectivity index (χ0) is 11.1. The fourth-order valence-electron chi connectivity index (χ4n) is 0.894. The Hall–Kier alpha value is -0.870. The van der Waals surface area contributed by atoms with E-state index in [9.17, 15) is 0 Å². The monoisotopic (exact) mass is 258 g/mol. The van der Waals surface area contributed by atoms with E-state index in [4.69, 9.17) is 16.2 Å². The maximum Gasteiger partial charge on any atom is 0.0852 e. The Morgan fingerprint density at radius 3 is 2.50 bits per heavy atom. The number of nitrogens with two attached hydrogens (primary N) is 1. The quantitative estimate of drug-likeness (QED) is 0.563. The summed E-state index contributed by atoms with van der Waals surface area (Å²) in [4.78, 5) is 0. The molecular weight excluding hydrogens is 244 g/mol. The summed E-state index contributed by atoms with van der Waals surface area (Å²) in [6, 6.07) is 5.20. The summed E-state index contributed by atoms with van der Waals surface area (Å²) in [6.45, 7) is 3.71. The molecule has 0 amide bonds. The van der Waals surface area contributed by atoms with Crippen molar-refractivity contribution in [1.29, 1.82) is 5.41 Å². The molecule has 0 aliphatic rings. The summed E-state index contributed by atoms with van der Waals surface area (Å²) < 4.78 is 0.870. The average Bonchev–Trinajstić information content (AvgIpc) is 2.20. The number of hydrogen-bond donors (Lipinski definition) is 3. The van der Waals surface area contributed by atoms with Gasteiger partial charge in [0.1, 0.15) is 0 Å². The highest BCUT2D eigenvalue weighted by Gasteiger charge is 2.03. The molecule has 1 aromatic rings. The number of nitrogen functional groups attached to an aromatic ring is 1. The van der Waals surface area contributed by atoms with Crippen molar-refractivity contribution in [2.75, 3.05) is 12.3 Å². The minimum atomic E-state index is -0.286. The molecule has 1 aromatic carbocycles. The van der Waals surface area contributed by atoms with E-state index in [1.54, 1.807) is 18.2 Å². The summed E-state index contributed by atoms with van der Waals surface area (Å²) in [6.07, 6.45) is 0. The van der Waals surface area contributed by atoms with Gasteiger partial charge < -0.3 is 16.2 Å². The van der Waals surface area contributed by atoms with Crippen LogP contribution in [0.25, 0.3) is 0 Å². The summed E-state index contributed by atoms with van der Waals surface area (Å²) >= 11 is 3.25. The molecule has 0 aliphatic heterocycles. The molecule has 4 heteroatoms. The number of aliphatic hydroxyl groups excluding tert-OH is 1. The Kier molecular flexibility index (Phi) is 6.16. The van der Waals surface area contributed by atoms with Gasteiger partial charge in [-0.25, -0.2) is 0 Å². The van der Waals surface area contributed by atoms with Gasteiger partial charge >= 0.3 is 0 Å². The van der Waals surface area contributed by atoms with Crippen LogP contribution in [0.4, 0.5) is 5.69 Å². The Bertz CT molecular complexity index is 313. The molecule has 0 heterocycles. The number of hydrogen-bond acceptors (Lipinski definition) is 3. The first-order valence-corrected chi connectivity index (χ1v) is 5.18. The standard InChI is InChI=1S/C8H9BrN2O.C2H6/c9-5-1-2-6(7(10)3-5)8(11)4-12;1-2/h1-3,11-12H,4,10H2;1-2H3. The second kappa shape index (κ2) is 6.56. The van der Waals surface area contributed by atoms with E-state index in [0.717, 1.165) is 4.47 Å². The summed E-state index contributed by atoms with van der Waals surface area (Å²) in [7, 11) is 0. The van der Waals surface area contributed by atoms with Gasteiger partial charge in [0.05, 0.1) is 12.3 Å². The van der Waals surface area contributed by atoms with Crippen molar-refractivity contribution in [1.82, 2.24) is 0 Å². The van der Waals surface area contributed by atoms with Gasteiger partial charge in [0.2, 0.25) is 0 Å². The molecule has 0 aliphatic carbocycles. The maximum atomic E-state index is 8.69. The topological polar surface area (TPSA) is 70.1 Å². The number of nitrogens with one attached hydrogen (secondary N) is 1. The molecule has 0 aromatic heterocycles. The van der Waals surface area contributed by atoms with Crippen molar-refractivity contribution >= 4 is 27.3 Å². The molecule has 0 unspecified atom stereocenters. The highest BCUT2D eigenvalue weighted by atomic mass is 79.9. The van der Waals surface area contributed by atoms with Crippen LogP contribution >= 0.6 is 15.9 Å². The van der Waals surface area contributed by atoms with Crippen molar-refractivity contribution in [3.63, 3.8) is 0 Å². The van der Waals surface area contributed by atoms with Crippen LogP contribution < -0.4 is 5.73 Å². The van der Waals surface area contributed by atoms with Crippen LogP contribution in [0.15, 0.2) is 22.7 Å². The third-order valence-electron chi connectivity index (χ3n) is 1.50. The molecular formula is C10H15BrN2O. The van der Waals surface area contributed by atoms with E-state index in [-0.39, 0.29) is 12.3 Å². The van der Waals surface area contributed by atoms with Gasteiger partial charge in [-0.05, 0) is 18.2 Å². The highest BCUT2D eigenvalue weighted by molar-refractivity contribution is 9.10. The van der Waals surface area contributed by atoms with E-state index >= 15 is 0 Å². The summed E-state index contributed by atoms with van der Waals surface area (Å²) in [5.41, 5.74) is 6.84. The molecule has 3 nitrogen and oxygen atoms in total. The molecule has 0 fully saturated rings. The number of rotatable bonds is 2. The minimum absolute atomic E-state index is 0.139. The van der Waals surface area contributed by atoms with E-state index in [2.05, 4.69) is 15.9 Å². The molecule has 0 spiro atoms. The largest absolute Gasteiger partial charge is 0.398 e. The normalized spacial score (nSPS) is 8.86. The van der Waals surface area contributed by atoms with Gasteiger partial charge in [0, 0.05) is 15.7 Å². The SMILES string of the molecule is CC.N=C(CO)c1ccc(Br)cc1N. The molecule has 4 N–H and O–H groups in total. The zero-order valence-corrected chi connectivity index (χ0v) is 9.93. The van der Waals surface area contributed by atoms with Crippen LogP contribution in [-0.2, 0) is 0 Å². The number of halogens is 1. The fourth-order valence-corrected chi connectivity index (χ4v) is 1.27. The van der Waals surface area contributed by atoms with Crippen molar-refractivity contribution in [2.24, 2.45) is 0 Å². The maximum absolute atomic E-state index is 8.69. The molecule has 78 valence electrons. The van der Waals surface area contributed by atoms with Crippen LogP contribution in [-0.4, -0.2) is 17.4 Å². The summed E-state index contributed by atoms with van der Waals surface area (Å²) in [5.74, 6) is 0. The van der Waals surface area contributed by atoms with Crippen LogP contribution in [0, 0.1) is 5.41 Å². The lowest BCUT2D eigenvalue weighted by Crippen LogP contribution is -2.07. The fraction of sp³-hybridized carbons (Fsp3) is 0.300. The van der Waals surface area contributed by atoms with Gasteiger partial charge in [-0.3, -0.25) is 0 Å². The lowest BCUT2D eigenvalue weighted by atomic mass is 10.1. The second-order valence-electron chi connectivity index (χ2n) is 2.37. The molecule has 1 rings (SSSR count). The van der Waals surface area contributed by atoms with Gasteiger partial charge in [0.25, 0.3) is 0 Å². The summed E-state index contributed by atoms with van der Waals surface area (Å²) in [5, 5.41) is 16.0. The van der Waals surface area contributed by atoms with E-state index in [0.29, 0.717) is 11.3 Å². The van der Waals surface area contributed by atoms with Crippen molar-refractivity contribution in [3.8, 4) is 0 Å². The van der Waals surface area contributed by atoms with Crippen LogP contribution in [0.5, 0.6) is 0 Å². The van der Waals surface area contributed by atoms with E-state index < -0.39 is 0 Å². The molecule has 14 heavy (non-hydrogen) atoms. The Labute approximate surface area is 92.6 Å². The van der Waals surface area contributed by atoms with Crippen molar-refractivity contribution in [3.05, 3.63) is 28.2 Å². The van der Waals surface area contributed by atoms with Crippen LogP contribution in [0.2, 0.25) is 0 Å². The number of benzene rings is 1. The van der Waals surface area contributed by atoms with E-state index in [1.165, 1.54) is 0 Å². The first-order chi connectivity index (χ1) is 6.65. The number of anilines is 1. The van der Waals surface area contributed by atoms with Gasteiger partial charge in [0.15, 0.2) is 0 Å². The lowest BCUT2D eigenvalue weighted by molar-refractivity contribution is 0.357. The van der Waals surface area contributed by atoms with Gasteiger partial charge in [-0.15, -0.1) is 0 Å². The smallest absolute Gasteiger partial charge is 0.0852 e. The molecule has 0 bridgehead atoms. The first kappa shape index (κ1) is 13.1. The lowest BCUT2D eigenvalue weighted by Gasteiger charge is -2.04. The Balaban J connectivity index is 0.000000791. The minimum Gasteiger partial charge on any atom is -0.398 e. The Morgan fingerprint density at radius 2 is 2.07 bits per heavy atom. The highest BCUT2D eigenvalue weighted by Crippen LogP contribution is 2.18. The molecule has 0 saturated heterocycles. The molecule has 0 radical (unpaired) electrons. The first-order valence-electron chi connectivity index (χ1n) is 4.39. The third-order valence-corrected chi connectivity index (χ3v) is 1.99. The zero-order valence-electron chi connectivity index (χ0n) is 8.34. The predicted molar refractivity (Wildman–Crippen MR) is 63.8 cm³/mol. The average molecular weight is 259 g/mol. The van der Waals surface area contributed by atoms with Gasteiger partial charge in [-0.2, -0.15) is 0 Å². The van der Waals surface area contributed by atoms with Gasteiger partial charge in [-0.1, -0.05) is 29.8 Å². The van der Waals surface area contributed by atoms with Crippen LogP contribution in [0.1, 0.15) is 19.4 Å². The van der Waals surface area contributed by atoms with E-state index in [1.807, 2.05) is 13.8 Å². The third kappa shape index (κ3) is 3.47. The Morgan fingerprint density at radius 1 is 1.50 bits per heavy atom. The number of aliphatic hydroxyl groups is 1. The second-order valence-corrected chi connectivity index (χ2v) is 3.28. The molecule has 0 atom stereocenters. The van der Waals surface area contributed by atoms with Crippen molar-refractivity contribution in [2.45, 2.75) is 13.8 Å². The molecule has 0 saturated carbocycles. The van der Waals surface area contributed by atoms with Crippen molar-refractivity contribution < 1.29 is 5.11 Å². The predicted octanol–water partition coefficient (Wildman–Crippen LogP) is 2.42. The van der Waals surface area contributed by atoms with Crippen LogP contribution in [0.3, 0.4) is 0 Å².